The summed E-state index contributed by atoms with van der Waals surface area (Å²) in [4.78, 5) is 0. The second-order valence-electron chi connectivity index (χ2n) is 17.4. The summed E-state index contributed by atoms with van der Waals surface area (Å²) in [5, 5.41) is 10.8. The molecule has 0 saturated heterocycles. The maximum Gasteiger partial charge on any atom is 0.104 e. The monoisotopic (exact) mass is 744 g/mol. The summed E-state index contributed by atoms with van der Waals surface area (Å²) in [6, 6.07) is 26.9. The molecule has 6 aliphatic carbocycles. The fourth-order valence-electron chi connectivity index (χ4n) is 11.0. The number of nitrogens with one attached hydrogen (secondary N) is 2. The molecule has 3 aromatic carbocycles. The molecule has 2 N–H and O–H groups in total. The molecule has 10 rings (SSSR count). The van der Waals surface area contributed by atoms with E-state index >= 15 is 0 Å². The van der Waals surface area contributed by atoms with E-state index in [0.717, 1.165) is 32.1 Å². The minimum atomic E-state index is -0.00329. The van der Waals surface area contributed by atoms with Crippen LogP contribution in [0.3, 0.4) is 0 Å². The van der Waals surface area contributed by atoms with Crippen molar-refractivity contribution in [1.82, 2.24) is 10.6 Å². The third kappa shape index (κ3) is 7.30. The first kappa shape index (κ1) is 36.2. The molecule has 7 unspecified atom stereocenters. The van der Waals surface area contributed by atoms with Crippen molar-refractivity contribution in [3.63, 3.8) is 0 Å². The molecule has 0 bridgehead atoms. The van der Waals surface area contributed by atoms with Gasteiger partial charge in [-0.1, -0.05) is 151 Å². The molecule has 2 nitrogen and oxygen atoms in total. The van der Waals surface area contributed by atoms with E-state index in [1.54, 1.807) is 11.1 Å². The Morgan fingerprint density at radius 2 is 1.47 bits per heavy atom. The molecule has 0 spiro atoms. The van der Waals surface area contributed by atoms with E-state index in [-0.39, 0.29) is 12.2 Å². The predicted molar refractivity (Wildman–Crippen MR) is 240 cm³/mol. The number of benzene rings is 3. The minimum absolute atomic E-state index is 0.00329. The van der Waals surface area contributed by atoms with Gasteiger partial charge in [-0.2, -0.15) is 0 Å². The molecule has 2 heteroatoms. The Labute approximate surface area is 340 Å². The maximum atomic E-state index is 4.19. The number of allylic oxidation sites excluding steroid dienone is 18. The zero-order chi connectivity index (χ0) is 38.1. The van der Waals surface area contributed by atoms with Crippen molar-refractivity contribution in [2.75, 3.05) is 0 Å². The molecule has 0 amide bonds. The number of hydrogen-bond donors (Lipinski definition) is 2. The fraction of sp³-hybridized carbons (Fsp3) is 0.309. The third-order valence-corrected chi connectivity index (χ3v) is 14.0. The zero-order valence-corrected chi connectivity index (χ0v) is 33.4. The van der Waals surface area contributed by atoms with Crippen LogP contribution in [0.25, 0.3) is 16.3 Å². The molecule has 7 aliphatic rings. The van der Waals surface area contributed by atoms with Crippen LogP contribution in [0.15, 0.2) is 197 Å². The van der Waals surface area contributed by atoms with Crippen LogP contribution < -0.4 is 10.6 Å². The van der Waals surface area contributed by atoms with Gasteiger partial charge in [0, 0.05) is 23.6 Å². The number of rotatable bonds is 7. The van der Waals surface area contributed by atoms with Crippen molar-refractivity contribution >= 4 is 16.3 Å². The van der Waals surface area contributed by atoms with Gasteiger partial charge in [-0.15, -0.1) is 0 Å². The Balaban J connectivity index is 1.00. The van der Waals surface area contributed by atoms with E-state index in [9.17, 15) is 0 Å². The topological polar surface area (TPSA) is 24.1 Å². The van der Waals surface area contributed by atoms with Gasteiger partial charge >= 0.3 is 0 Å². The molecule has 1 heterocycles. The molecule has 0 radical (unpaired) electrons. The minimum Gasteiger partial charge on any atom is -0.366 e. The lowest BCUT2D eigenvalue weighted by Crippen LogP contribution is -2.50. The average molecular weight is 745 g/mol. The zero-order valence-electron chi connectivity index (χ0n) is 33.4. The van der Waals surface area contributed by atoms with Crippen molar-refractivity contribution in [2.24, 2.45) is 29.6 Å². The highest BCUT2D eigenvalue weighted by molar-refractivity contribution is 5.83. The SMILES string of the molecule is CC1=C(C2=CCCC(c3ccccc3)=C2)NC(c2ccc3ccccc3c2)NC1C1C=C(C2C=CC(C3CC=CC4=C3CCC=C4)CC2C2=CCCC=C2)C=CC1. The molecule has 286 valence electrons. The molecule has 1 aliphatic heterocycles. The highest BCUT2D eigenvalue weighted by Gasteiger charge is 2.38. The number of fused-ring (bicyclic) bond motifs is 1. The Kier molecular flexibility index (Phi) is 10.1. The summed E-state index contributed by atoms with van der Waals surface area (Å²) >= 11 is 0. The van der Waals surface area contributed by atoms with Crippen LogP contribution in [-0.2, 0) is 0 Å². The van der Waals surface area contributed by atoms with Crippen LogP contribution in [0.5, 0.6) is 0 Å². The van der Waals surface area contributed by atoms with E-state index in [0.29, 0.717) is 29.6 Å². The first-order valence-electron chi connectivity index (χ1n) is 21.8. The maximum absolute atomic E-state index is 4.19. The molecule has 0 fully saturated rings. The second kappa shape index (κ2) is 16.0. The standard InChI is InChI=1S/C55H56N2/c1-37-53(46-25-12-23-43(33-46)38-15-4-2-5-16-38)56-55(48-30-29-39-17-8-9-21-42(39)34-48)57-54(37)47-26-13-24-44(35-47)51-32-31-45(36-52(51)41-18-6-3-7-19-41)50-28-14-22-40-20-10-11-27-49(40)50/h2,4-6,8-10,13-22,24-25,29-35,45,47,50-52,54-57H,3,7,11-12,23,26-28,36H2,1H3. The molecule has 3 aromatic rings. The Bertz CT molecular complexity index is 2380. The Morgan fingerprint density at radius 3 is 2.37 bits per heavy atom. The predicted octanol–water partition coefficient (Wildman–Crippen LogP) is 13.3. The molecule has 0 aromatic heterocycles. The summed E-state index contributed by atoms with van der Waals surface area (Å²) in [5.74, 6) is 2.42. The summed E-state index contributed by atoms with van der Waals surface area (Å²) in [5.41, 5.74) is 14.3. The summed E-state index contributed by atoms with van der Waals surface area (Å²) < 4.78 is 0. The van der Waals surface area contributed by atoms with Gasteiger partial charge < -0.3 is 5.32 Å². The molecule has 57 heavy (non-hydrogen) atoms. The van der Waals surface area contributed by atoms with Gasteiger partial charge in [0.1, 0.15) is 6.17 Å². The number of hydrogen-bond acceptors (Lipinski definition) is 2. The third-order valence-electron chi connectivity index (χ3n) is 14.0. The average Bonchev–Trinajstić information content (AvgIpc) is 3.29. The van der Waals surface area contributed by atoms with Gasteiger partial charge in [-0.05, 0) is 150 Å². The Hall–Kier alpha value is -5.18. The van der Waals surface area contributed by atoms with Crippen LogP contribution in [0.1, 0.15) is 82.0 Å². The van der Waals surface area contributed by atoms with Crippen molar-refractivity contribution in [1.29, 1.82) is 0 Å². The lowest BCUT2D eigenvalue weighted by atomic mass is 9.64. The van der Waals surface area contributed by atoms with Crippen molar-refractivity contribution in [2.45, 2.75) is 76.9 Å². The van der Waals surface area contributed by atoms with Crippen molar-refractivity contribution in [3.05, 3.63) is 208 Å². The van der Waals surface area contributed by atoms with Crippen LogP contribution in [-0.4, -0.2) is 6.04 Å². The molecule has 7 atom stereocenters. The highest BCUT2D eigenvalue weighted by atomic mass is 15.2. The van der Waals surface area contributed by atoms with Crippen LogP contribution >= 0.6 is 0 Å². The second-order valence-corrected chi connectivity index (χ2v) is 17.4. The largest absolute Gasteiger partial charge is 0.366 e. The fourth-order valence-corrected chi connectivity index (χ4v) is 11.0. The highest BCUT2D eigenvalue weighted by Crippen LogP contribution is 2.48. The summed E-state index contributed by atoms with van der Waals surface area (Å²) in [6.07, 6.45) is 45.1. The molecule has 0 saturated carbocycles. The van der Waals surface area contributed by atoms with Crippen LogP contribution in [0.4, 0.5) is 0 Å². The van der Waals surface area contributed by atoms with Crippen molar-refractivity contribution < 1.29 is 0 Å². The smallest absolute Gasteiger partial charge is 0.104 e. The van der Waals surface area contributed by atoms with Crippen molar-refractivity contribution in [3.8, 4) is 0 Å². The summed E-state index contributed by atoms with van der Waals surface area (Å²) in [6.45, 7) is 2.38. The van der Waals surface area contributed by atoms with Gasteiger partial charge in [-0.25, -0.2) is 0 Å². The summed E-state index contributed by atoms with van der Waals surface area (Å²) in [7, 11) is 0. The van der Waals surface area contributed by atoms with Crippen LogP contribution in [0, 0.1) is 29.6 Å². The lowest BCUT2D eigenvalue weighted by Gasteiger charge is -2.42. The van der Waals surface area contributed by atoms with Gasteiger partial charge in [0.15, 0.2) is 0 Å². The van der Waals surface area contributed by atoms with Gasteiger partial charge in [-0.3, -0.25) is 5.32 Å². The van der Waals surface area contributed by atoms with Crippen LogP contribution in [0.2, 0.25) is 0 Å². The van der Waals surface area contributed by atoms with Gasteiger partial charge in [0.05, 0.1) is 0 Å². The lowest BCUT2D eigenvalue weighted by molar-refractivity contribution is 0.315. The van der Waals surface area contributed by atoms with E-state index in [1.807, 2.05) is 0 Å². The quantitative estimate of drug-likeness (QED) is 0.235. The Morgan fingerprint density at radius 1 is 0.649 bits per heavy atom. The molecular formula is C55H56N2. The van der Waals surface area contributed by atoms with E-state index < -0.39 is 0 Å². The first-order valence-corrected chi connectivity index (χ1v) is 21.8. The van der Waals surface area contributed by atoms with E-state index in [4.69, 9.17) is 0 Å². The van der Waals surface area contributed by atoms with Gasteiger partial charge in [0.25, 0.3) is 0 Å². The normalized spacial score (nSPS) is 29.7. The van der Waals surface area contributed by atoms with Gasteiger partial charge in [0.2, 0.25) is 0 Å². The van der Waals surface area contributed by atoms with E-state index in [2.05, 4.69) is 175 Å². The molecular weight excluding hydrogens is 689 g/mol. The van der Waals surface area contributed by atoms with E-state index in [1.165, 1.54) is 81.1 Å². The first-order chi connectivity index (χ1) is 28.2.